The van der Waals surface area contributed by atoms with Crippen LogP contribution in [0.2, 0.25) is 0 Å². The second-order valence-corrected chi connectivity index (χ2v) is 10.6. The van der Waals surface area contributed by atoms with Crippen molar-refractivity contribution in [2.45, 2.75) is 32.4 Å². The Balaban J connectivity index is 1.36. The lowest BCUT2D eigenvalue weighted by atomic mass is 9.88. The summed E-state index contributed by atoms with van der Waals surface area (Å²) in [5.74, 6) is 1.33. The number of nitrogens with zero attached hydrogens (tertiary/aromatic N) is 2. The van der Waals surface area contributed by atoms with Crippen LogP contribution in [-0.2, 0) is 17.9 Å². The SMILES string of the molecule is Cc1ccc(Cn2cc([C@@H](CC(=O)NCc3ccncc3)c3cccc(Oc4ccccc4)c3)c3ccccc32)cc1. The highest BCUT2D eigenvalue weighted by Crippen LogP contribution is 2.37. The van der Waals surface area contributed by atoms with Crippen LogP contribution in [0.15, 0.2) is 134 Å². The van der Waals surface area contributed by atoms with Crippen molar-refractivity contribution in [3.8, 4) is 11.5 Å². The van der Waals surface area contributed by atoms with Crippen LogP contribution >= 0.6 is 0 Å². The van der Waals surface area contributed by atoms with Crippen LogP contribution in [0.25, 0.3) is 10.9 Å². The van der Waals surface area contributed by atoms with Gasteiger partial charge in [0.2, 0.25) is 5.91 Å². The molecule has 6 rings (SSSR count). The predicted molar refractivity (Wildman–Crippen MR) is 168 cm³/mol. The van der Waals surface area contributed by atoms with E-state index >= 15 is 0 Å². The molecule has 5 nitrogen and oxygen atoms in total. The van der Waals surface area contributed by atoms with Gasteiger partial charge in [-0.05, 0) is 71.6 Å². The number of nitrogens with one attached hydrogen (secondary N) is 1. The number of carbonyl (C=O) groups excluding carboxylic acids is 1. The highest BCUT2D eigenvalue weighted by Gasteiger charge is 2.23. The zero-order valence-corrected chi connectivity index (χ0v) is 23.6. The van der Waals surface area contributed by atoms with E-state index in [1.165, 1.54) is 11.1 Å². The van der Waals surface area contributed by atoms with E-state index in [0.717, 1.165) is 45.6 Å². The molecule has 0 saturated carbocycles. The topological polar surface area (TPSA) is 56.2 Å². The quantitative estimate of drug-likeness (QED) is 0.188. The van der Waals surface area contributed by atoms with Crippen LogP contribution in [-0.4, -0.2) is 15.5 Å². The lowest BCUT2D eigenvalue weighted by Gasteiger charge is -2.18. The number of rotatable bonds is 10. The molecule has 0 saturated heterocycles. The molecule has 1 amide bonds. The highest BCUT2D eigenvalue weighted by atomic mass is 16.5. The van der Waals surface area contributed by atoms with Crippen molar-refractivity contribution in [3.63, 3.8) is 0 Å². The Labute approximate surface area is 246 Å². The van der Waals surface area contributed by atoms with E-state index in [0.29, 0.717) is 13.0 Å². The Morgan fingerprint density at radius 2 is 1.55 bits per heavy atom. The van der Waals surface area contributed by atoms with Crippen molar-refractivity contribution in [3.05, 3.63) is 162 Å². The van der Waals surface area contributed by atoms with Gasteiger partial charge in [0.15, 0.2) is 0 Å². The molecule has 0 unspecified atom stereocenters. The first-order valence-corrected chi connectivity index (χ1v) is 14.2. The fraction of sp³-hybridized carbons (Fsp3) is 0.135. The molecular weight excluding hydrogens is 518 g/mol. The van der Waals surface area contributed by atoms with E-state index in [1.54, 1.807) is 12.4 Å². The summed E-state index contributed by atoms with van der Waals surface area (Å²) in [5.41, 5.74) is 6.79. The maximum Gasteiger partial charge on any atom is 0.221 e. The molecule has 1 N–H and O–H groups in total. The summed E-state index contributed by atoms with van der Waals surface area (Å²) in [6.45, 7) is 3.31. The van der Waals surface area contributed by atoms with Crippen LogP contribution in [0.1, 0.15) is 40.2 Å². The third-order valence-corrected chi connectivity index (χ3v) is 7.54. The number of carbonyl (C=O) groups is 1. The van der Waals surface area contributed by atoms with E-state index in [1.807, 2.05) is 54.6 Å². The Bertz CT molecular complexity index is 1780. The van der Waals surface area contributed by atoms with Crippen molar-refractivity contribution in [1.29, 1.82) is 0 Å². The van der Waals surface area contributed by atoms with Crippen LogP contribution in [0.4, 0.5) is 0 Å². The fourth-order valence-corrected chi connectivity index (χ4v) is 5.36. The largest absolute Gasteiger partial charge is 0.457 e. The van der Waals surface area contributed by atoms with Crippen molar-refractivity contribution in [1.82, 2.24) is 14.9 Å². The van der Waals surface area contributed by atoms with Gasteiger partial charge in [0.05, 0.1) is 0 Å². The van der Waals surface area contributed by atoms with Gasteiger partial charge in [0.1, 0.15) is 11.5 Å². The van der Waals surface area contributed by atoms with Gasteiger partial charge in [-0.3, -0.25) is 9.78 Å². The number of hydrogen-bond donors (Lipinski definition) is 1. The summed E-state index contributed by atoms with van der Waals surface area (Å²) < 4.78 is 8.48. The van der Waals surface area contributed by atoms with Crippen LogP contribution in [0.3, 0.4) is 0 Å². The Morgan fingerprint density at radius 1 is 0.810 bits per heavy atom. The Morgan fingerprint density at radius 3 is 2.36 bits per heavy atom. The Kier molecular flexibility index (Phi) is 8.09. The third-order valence-electron chi connectivity index (χ3n) is 7.54. The number of ether oxygens (including phenoxy) is 1. The minimum Gasteiger partial charge on any atom is -0.457 e. The van der Waals surface area contributed by atoms with Gasteiger partial charge in [-0.1, -0.05) is 78.4 Å². The number of hydrogen-bond acceptors (Lipinski definition) is 3. The molecule has 6 aromatic rings. The van der Waals surface area contributed by atoms with Crippen molar-refractivity contribution in [2.75, 3.05) is 0 Å². The number of aryl methyl sites for hydroxylation is 1. The average molecular weight is 552 g/mol. The molecule has 1 atom stereocenters. The van der Waals surface area contributed by atoms with Gasteiger partial charge in [-0.2, -0.15) is 0 Å². The van der Waals surface area contributed by atoms with Crippen LogP contribution < -0.4 is 10.1 Å². The zero-order valence-electron chi connectivity index (χ0n) is 23.6. The lowest BCUT2D eigenvalue weighted by Crippen LogP contribution is -2.25. The summed E-state index contributed by atoms with van der Waals surface area (Å²) in [6.07, 6.45) is 6.01. The number of fused-ring (bicyclic) bond motifs is 1. The molecule has 0 fully saturated rings. The first-order chi connectivity index (χ1) is 20.6. The fourth-order valence-electron chi connectivity index (χ4n) is 5.36. The summed E-state index contributed by atoms with van der Waals surface area (Å²) in [5, 5.41) is 4.26. The van der Waals surface area contributed by atoms with E-state index < -0.39 is 0 Å². The standard InChI is InChI=1S/C37H33N3O2/c1-27-14-16-29(17-15-27)25-40-26-35(33-12-5-6-13-36(33)40)34(23-37(41)39-24-28-18-20-38-21-19-28)30-8-7-11-32(22-30)42-31-9-3-2-4-10-31/h2-22,26,34H,23-25H2,1H3,(H,39,41)/t34-/m0/s1. The van der Waals surface area contributed by atoms with E-state index in [2.05, 4.69) is 88.7 Å². The van der Waals surface area contributed by atoms with Gasteiger partial charge in [-0.25, -0.2) is 0 Å². The molecule has 2 aromatic heterocycles. The first kappa shape index (κ1) is 27.0. The second-order valence-electron chi connectivity index (χ2n) is 10.6. The lowest BCUT2D eigenvalue weighted by molar-refractivity contribution is -0.121. The van der Waals surface area contributed by atoms with Crippen molar-refractivity contribution < 1.29 is 9.53 Å². The smallest absolute Gasteiger partial charge is 0.221 e. The highest BCUT2D eigenvalue weighted by molar-refractivity contribution is 5.87. The number of benzene rings is 4. The molecule has 2 heterocycles. The normalized spacial score (nSPS) is 11.7. The van der Waals surface area contributed by atoms with Crippen LogP contribution in [0, 0.1) is 6.92 Å². The van der Waals surface area contributed by atoms with Crippen molar-refractivity contribution in [2.24, 2.45) is 0 Å². The minimum absolute atomic E-state index is 0.0124. The maximum atomic E-state index is 13.5. The molecule has 4 aromatic carbocycles. The molecule has 0 aliphatic heterocycles. The molecular formula is C37H33N3O2. The average Bonchev–Trinajstić information content (AvgIpc) is 3.39. The van der Waals surface area contributed by atoms with Gasteiger partial charge < -0.3 is 14.6 Å². The van der Waals surface area contributed by atoms with E-state index in [4.69, 9.17) is 4.74 Å². The number of pyridine rings is 1. The summed E-state index contributed by atoms with van der Waals surface area (Å²) in [4.78, 5) is 17.5. The summed E-state index contributed by atoms with van der Waals surface area (Å²) in [7, 11) is 0. The van der Waals surface area contributed by atoms with Crippen LogP contribution in [0.5, 0.6) is 11.5 Å². The number of amides is 1. The van der Waals surface area contributed by atoms with Gasteiger partial charge in [0.25, 0.3) is 0 Å². The number of aromatic nitrogens is 2. The molecule has 0 bridgehead atoms. The molecule has 0 radical (unpaired) electrons. The summed E-state index contributed by atoms with van der Waals surface area (Å²) >= 11 is 0. The molecule has 0 spiro atoms. The Hall–Kier alpha value is -5.16. The molecule has 0 aliphatic carbocycles. The predicted octanol–water partition coefficient (Wildman–Crippen LogP) is 8.02. The molecule has 0 aliphatic rings. The molecule has 5 heteroatoms. The monoisotopic (exact) mass is 551 g/mol. The molecule has 208 valence electrons. The first-order valence-electron chi connectivity index (χ1n) is 14.2. The summed E-state index contributed by atoms with van der Waals surface area (Å²) in [6, 6.07) is 38.8. The van der Waals surface area contributed by atoms with Gasteiger partial charge in [0, 0.05) is 54.9 Å². The van der Waals surface area contributed by atoms with Gasteiger partial charge in [-0.15, -0.1) is 0 Å². The zero-order chi connectivity index (χ0) is 28.7. The second kappa shape index (κ2) is 12.6. The van der Waals surface area contributed by atoms with Crippen molar-refractivity contribution >= 4 is 16.8 Å². The minimum atomic E-state index is -0.175. The van der Waals surface area contributed by atoms with Gasteiger partial charge >= 0.3 is 0 Å². The van der Waals surface area contributed by atoms with E-state index in [-0.39, 0.29) is 11.8 Å². The molecule has 42 heavy (non-hydrogen) atoms. The number of para-hydroxylation sites is 2. The van der Waals surface area contributed by atoms with E-state index in [9.17, 15) is 4.79 Å². The maximum absolute atomic E-state index is 13.5. The third kappa shape index (κ3) is 6.42.